The molecule has 0 spiro atoms. The van der Waals surface area contributed by atoms with Gasteiger partial charge in [0.05, 0.1) is 11.3 Å². The highest BCUT2D eigenvalue weighted by Gasteiger charge is 2.22. The summed E-state index contributed by atoms with van der Waals surface area (Å²) >= 11 is 0. The van der Waals surface area contributed by atoms with Crippen molar-refractivity contribution in [3.63, 3.8) is 0 Å². The quantitative estimate of drug-likeness (QED) is 0.711. The van der Waals surface area contributed by atoms with Gasteiger partial charge in [-0.25, -0.2) is 9.50 Å². The number of aromatic nitrogens is 4. The van der Waals surface area contributed by atoms with E-state index in [2.05, 4.69) is 27.0 Å². The predicted molar refractivity (Wildman–Crippen MR) is 68.9 cm³/mol. The van der Waals surface area contributed by atoms with Crippen LogP contribution >= 0.6 is 0 Å². The van der Waals surface area contributed by atoms with E-state index in [1.807, 2.05) is 11.8 Å². The molecular weight excluding hydrogens is 244 g/mol. The molecule has 1 saturated heterocycles. The number of likely N-dealkylation sites (N-methyl/N-ethyl adjacent to an activating group) is 1. The molecule has 0 bridgehead atoms. The molecule has 1 amide bonds. The molecular formula is C12H16N6O. The monoisotopic (exact) mass is 260 g/mol. The fourth-order valence-electron chi connectivity index (χ4n) is 2.23. The van der Waals surface area contributed by atoms with Crippen LogP contribution in [-0.4, -0.2) is 68.5 Å². The van der Waals surface area contributed by atoms with Crippen molar-refractivity contribution in [2.45, 2.75) is 6.92 Å². The topological polar surface area (TPSA) is 66.6 Å². The zero-order valence-electron chi connectivity index (χ0n) is 11.1. The van der Waals surface area contributed by atoms with Gasteiger partial charge in [-0.05, 0) is 14.0 Å². The van der Waals surface area contributed by atoms with Crippen molar-refractivity contribution in [2.24, 2.45) is 0 Å². The summed E-state index contributed by atoms with van der Waals surface area (Å²) in [7, 11) is 2.07. The second-order valence-corrected chi connectivity index (χ2v) is 4.84. The number of piperazine rings is 1. The number of carbonyl (C=O) groups is 1. The van der Waals surface area contributed by atoms with Crippen LogP contribution in [0.25, 0.3) is 5.78 Å². The summed E-state index contributed by atoms with van der Waals surface area (Å²) in [6.45, 7) is 5.15. The lowest BCUT2D eigenvalue weighted by molar-refractivity contribution is 0.0662. The average molecular weight is 260 g/mol. The van der Waals surface area contributed by atoms with E-state index in [4.69, 9.17) is 0 Å². The first-order valence-electron chi connectivity index (χ1n) is 6.30. The summed E-state index contributed by atoms with van der Waals surface area (Å²) in [4.78, 5) is 24.9. The van der Waals surface area contributed by atoms with Crippen molar-refractivity contribution in [1.82, 2.24) is 29.4 Å². The molecule has 0 N–H and O–H groups in total. The fourth-order valence-corrected chi connectivity index (χ4v) is 2.23. The molecule has 0 aliphatic carbocycles. The number of carbonyl (C=O) groups excluding carboxylic acids is 1. The first-order chi connectivity index (χ1) is 9.15. The van der Waals surface area contributed by atoms with Gasteiger partial charge in [-0.2, -0.15) is 10.1 Å². The number of hydrogen-bond acceptors (Lipinski definition) is 5. The SMILES string of the molecule is Cc1nc2ncnn2cc1C(=O)N1CCN(C)CC1. The maximum atomic E-state index is 12.5. The highest BCUT2D eigenvalue weighted by molar-refractivity contribution is 5.95. The third-order valence-corrected chi connectivity index (χ3v) is 3.48. The van der Waals surface area contributed by atoms with Gasteiger partial charge in [0, 0.05) is 32.4 Å². The second kappa shape index (κ2) is 4.58. The molecule has 0 radical (unpaired) electrons. The summed E-state index contributed by atoms with van der Waals surface area (Å²) in [6.07, 6.45) is 3.15. The normalized spacial score (nSPS) is 17.1. The van der Waals surface area contributed by atoms with Crippen molar-refractivity contribution >= 4 is 11.7 Å². The minimum Gasteiger partial charge on any atom is -0.336 e. The molecule has 0 unspecified atom stereocenters. The fraction of sp³-hybridized carbons (Fsp3) is 0.500. The van der Waals surface area contributed by atoms with Gasteiger partial charge in [0.15, 0.2) is 0 Å². The molecule has 2 aromatic rings. The van der Waals surface area contributed by atoms with Gasteiger partial charge in [-0.15, -0.1) is 0 Å². The first kappa shape index (κ1) is 12.0. The minimum atomic E-state index is 0.0236. The zero-order valence-corrected chi connectivity index (χ0v) is 11.1. The number of fused-ring (bicyclic) bond motifs is 1. The number of nitrogens with zero attached hydrogens (tertiary/aromatic N) is 6. The summed E-state index contributed by atoms with van der Waals surface area (Å²) in [5.41, 5.74) is 1.30. The Morgan fingerprint density at radius 3 is 2.74 bits per heavy atom. The Morgan fingerprint density at radius 1 is 1.26 bits per heavy atom. The number of amides is 1. The van der Waals surface area contributed by atoms with Crippen LogP contribution in [0.15, 0.2) is 12.5 Å². The predicted octanol–water partition coefficient (Wildman–Crippen LogP) is -0.180. The van der Waals surface area contributed by atoms with Crippen molar-refractivity contribution in [2.75, 3.05) is 33.2 Å². The van der Waals surface area contributed by atoms with E-state index >= 15 is 0 Å². The van der Waals surface area contributed by atoms with E-state index in [9.17, 15) is 4.79 Å². The van der Waals surface area contributed by atoms with Crippen LogP contribution in [0.3, 0.4) is 0 Å². The lowest BCUT2D eigenvalue weighted by atomic mass is 10.2. The molecule has 0 aromatic carbocycles. The van der Waals surface area contributed by atoms with Crippen LogP contribution < -0.4 is 0 Å². The van der Waals surface area contributed by atoms with Crippen molar-refractivity contribution in [1.29, 1.82) is 0 Å². The molecule has 7 heteroatoms. The van der Waals surface area contributed by atoms with Gasteiger partial charge in [-0.3, -0.25) is 4.79 Å². The van der Waals surface area contributed by atoms with Crippen LogP contribution in [0.5, 0.6) is 0 Å². The third-order valence-electron chi connectivity index (χ3n) is 3.48. The molecule has 100 valence electrons. The Hall–Kier alpha value is -2.02. The first-order valence-corrected chi connectivity index (χ1v) is 6.30. The van der Waals surface area contributed by atoms with E-state index in [1.165, 1.54) is 10.8 Å². The molecule has 0 saturated carbocycles. The molecule has 19 heavy (non-hydrogen) atoms. The Balaban J connectivity index is 1.90. The van der Waals surface area contributed by atoms with Crippen LogP contribution in [0.4, 0.5) is 0 Å². The molecule has 1 aliphatic rings. The molecule has 7 nitrogen and oxygen atoms in total. The van der Waals surface area contributed by atoms with E-state index in [1.54, 1.807) is 6.20 Å². The lowest BCUT2D eigenvalue weighted by Gasteiger charge is -2.32. The van der Waals surface area contributed by atoms with Crippen LogP contribution in [-0.2, 0) is 0 Å². The van der Waals surface area contributed by atoms with E-state index < -0.39 is 0 Å². The molecule has 3 heterocycles. The Labute approximate surface area is 110 Å². The van der Waals surface area contributed by atoms with E-state index in [-0.39, 0.29) is 5.91 Å². The summed E-state index contributed by atoms with van der Waals surface area (Å²) in [6, 6.07) is 0. The summed E-state index contributed by atoms with van der Waals surface area (Å²) in [5.74, 6) is 0.544. The highest BCUT2D eigenvalue weighted by atomic mass is 16.2. The molecule has 1 fully saturated rings. The van der Waals surface area contributed by atoms with Crippen LogP contribution in [0, 0.1) is 6.92 Å². The van der Waals surface area contributed by atoms with Crippen LogP contribution in [0.1, 0.15) is 16.1 Å². The van der Waals surface area contributed by atoms with Crippen molar-refractivity contribution in [3.8, 4) is 0 Å². The largest absolute Gasteiger partial charge is 0.336 e. The number of rotatable bonds is 1. The Morgan fingerprint density at radius 2 is 2.00 bits per heavy atom. The highest BCUT2D eigenvalue weighted by Crippen LogP contribution is 2.11. The molecule has 2 aromatic heterocycles. The van der Waals surface area contributed by atoms with Gasteiger partial charge in [0.25, 0.3) is 11.7 Å². The van der Waals surface area contributed by atoms with Crippen molar-refractivity contribution < 1.29 is 4.79 Å². The maximum absolute atomic E-state index is 12.5. The van der Waals surface area contributed by atoms with Gasteiger partial charge < -0.3 is 9.80 Å². The zero-order chi connectivity index (χ0) is 13.4. The summed E-state index contributed by atoms with van der Waals surface area (Å²) in [5, 5.41) is 4.02. The minimum absolute atomic E-state index is 0.0236. The third kappa shape index (κ3) is 2.17. The van der Waals surface area contributed by atoms with Gasteiger partial charge in [-0.1, -0.05) is 0 Å². The molecule has 1 aliphatic heterocycles. The second-order valence-electron chi connectivity index (χ2n) is 4.84. The van der Waals surface area contributed by atoms with Crippen LogP contribution in [0.2, 0.25) is 0 Å². The maximum Gasteiger partial charge on any atom is 0.257 e. The lowest BCUT2D eigenvalue weighted by Crippen LogP contribution is -2.47. The molecule has 0 atom stereocenters. The average Bonchev–Trinajstić information content (AvgIpc) is 2.85. The summed E-state index contributed by atoms with van der Waals surface area (Å²) < 4.78 is 1.54. The Kier molecular flexibility index (Phi) is 2.90. The van der Waals surface area contributed by atoms with E-state index in [0.29, 0.717) is 17.0 Å². The Bertz CT molecular complexity index is 614. The smallest absolute Gasteiger partial charge is 0.257 e. The standard InChI is InChI=1S/C12H16N6O/c1-9-10(7-18-12(15-9)13-8-14-18)11(19)17-5-3-16(2)4-6-17/h7-8H,3-6H2,1-2H3. The van der Waals surface area contributed by atoms with Gasteiger partial charge in [0.1, 0.15) is 6.33 Å². The number of hydrogen-bond donors (Lipinski definition) is 0. The number of aryl methyl sites for hydroxylation is 1. The molecule has 3 rings (SSSR count). The van der Waals surface area contributed by atoms with E-state index in [0.717, 1.165) is 26.2 Å². The van der Waals surface area contributed by atoms with Gasteiger partial charge in [0.2, 0.25) is 0 Å². The van der Waals surface area contributed by atoms with Gasteiger partial charge >= 0.3 is 0 Å². The van der Waals surface area contributed by atoms with Crippen molar-refractivity contribution in [3.05, 3.63) is 23.8 Å².